The molecule has 0 aromatic carbocycles. The third kappa shape index (κ3) is 2.37. The Bertz CT molecular complexity index is 515. The van der Waals surface area contributed by atoms with E-state index in [0.29, 0.717) is 5.69 Å². The molecule has 2 aliphatic rings. The number of rotatable bonds is 3. The van der Waals surface area contributed by atoms with Gasteiger partial charge in [0, 0.05) is 18.2 Å². The van der Waals surface area contributed by atoms with E-state index in [0.717, 1.165) is 31.5 Å². The van der Waals surface area contributed by atoms with Crippen molar-refractivity contribution in [2.24, 2.45) is 5.92 Å². The van der Waals surface area contributed by atoms with Gasteiger partial charge in [0.1, 0.15) is 0 Å². The minimum Gasteiger partial charge on any atom is -0.274 e. The zero-order valence-corrected chi connectivity index (χ0v) is 10.7. The van der Waals surface area contributed by atoms with Gasteiger partial charge in [-0.1, -0.05) is 0 Å². The maximum absolute atomic E-state index is 12.4. The minimum atomic E-state index is -4.37. The zero-order chi connectivity index (χ0) is 14.3. The monoisotopic (exact) mass is 285 g/mol. The first-order valence-corrected chi connectivity index (χ1v) is 6.54. The van der Waals surface area contributed by atoms with E-state index in [1.54, 1.807) is 5.01 Å². The summed E-state index contributed by atoms with van der Waals surface area (Å²) < 4.78 is 37.2. The first-order valence-electron chi connectivity index (χ1n) is 6.54. The zero-order valence-electron chi connectivity index (χ0n) is 10.7. The normalized spacial score (nSPS) is 25.6. The highest BCUT2D eigenvalue weighted by Gasteiger charge is 2.44. The predicted octanol–water partition coefficient (Wildman–Crippen LogP) is 2.12. The van der Waals surface area contributed by atoms with Crippen molar-refractivity contribution in [2.75, 3.05) is 0 Å². The summed E-state index contributed by atoms with van der Waals surface area (Å²) in [6.45, 7) is 0.257. The molecule has 1 saturated carbocycles. The van der Waals surface area contributed by atoms with Gasteiger partial charge in [0.2, 0.25) is 5.91 Å². The number of alkyl halides is 3. The molecule has 2 unspecified atom stereocenters. The van der Waals surface area contributed by atoms with Crippen molar-refractivity contribution in [3.05, 3.63) is 29.6 Å². The lowest BCUT2D eigenvalue weighted by atomic mass is 10.1. The molecule has 1 N–H and O–H groups in total. The summed E-state index contributed by atoms with van der Waals surface area (Å²) >= 11 is 0. The molecule has 1 aliphatic carbocycles. The molecule has 20 heavy (non-hydrogen) atoms. The number of hydrazine groups is 1. The number of hydrogen-bond donors (Lipinski definition) is 1. The summed E-state index contributed by atoms with van der Waals surface area (Å²) in [5.41, 5.74) is 2.69. The molecule has 2 heterocycles. The van der Waals surface area contributed by atoms with Gasteiger partial charge in [-0.2, -0.15) is 13.2 Å². The van der Waals surface area contributed by atoms with Crippen molar-refractivity contribution in [3.8, 4) is 0 Å². The van der Waals surface area contributed by atoms with Crippen LogP contribution in [0.2, 0.25) is 0 Å². The van der Waals surface area contributed by atoms with Crippen molar-refractivity contribution in [1.82, 2.24) is 15.4 Å². The molecule has 4 nitrogen and oxygen atoms in total. The fraction of sp³-hybridized carbons (Fsp3) is 0.538. The molecular weight excluding hydrogens is 271 g/mol. The standard InChI is InChI=1S/C13H14F3N3O/c14-13(15,16)9-2-3-10(17-6-9)7-18-19-11-4-1-8(5-11)12(19)20/h2-3,6,8,11,18H,1,4-5,7H2. The van der Waals surface area contributed by atoms with E-state index < -0.39 is 11.7 Å². The van der Waals surface area contributed by atoms with E-state index in [-0.39, 0.29) is 24.4 Å². The third-order valence-corrected chi connectivity index (χ3v) is 3.94. The lowest BCUT2D eigenvalue weighted by Gasteiger charge is -2.27. The quantitative estimate of drug-likeness (QED) is 0.925. The van der Waals surface area contributed by atoms with Crippen LogP contribution in [0.5, 0.6) is 0 Å². The van der Waals surface area contributed by atoms with Crippen LogP contribution in [0.3, 0.4) is 0 Å². The maximum atomic E-state index is 12.4. The smallest absolute Gasteiger partial charge is 0.274 e. The van der Waals surface area contributed by atoms with Gasteiger partial charge in [0.15, 0.2) is 0 Å². The van der Waals surface area contributed by atoms with E-state index in [1.807, 2.05) is 0 Å². The van der Waals surface area contributed by atoms with Gasteiger partial charge in [0.25, 0.3) is 0 Å². The molecule has 0 radical (unpaired) electrons. The fourth-order valence-corrected chi connectivity index (χ4v) is 2.86. The average molecular weight is 285 g/mol. The largest absolute Gasteiger partial charge is 0.417 e. The molecule has 2 atom stereocenters. The van der Waals surface area contributed by atoms with Crippen LogP contribution in [0, 0.1) is 5.92 Å². The Morgan fingerprint density at radius 3 is 2.70 bits per heavy atom. The van der Waals surface area contributed by atoms with Gasteiger partial charge in [-0.05, 0) is 31.4 Å². The van der Waals surface area contributed by atoms with Crippen LogP contribution in [-0.2, 0) is 17.5 Å². The van der Waals surface area contributed by atoms with Crippen LogP contribution in [0.1, 0.15) is 30.5 Å². The van der Waals surface area contributed by atoms with Crippen LogP contribution in [0.25, 0.3) is 0 Å². The van der Waals surface area contributed by atoms with E-state index in [1.165, 1.54) is 6.07 Å². The Hall–Kier alpha value is -1.63. The summed E-state index contributed by atoms with van der Waals surface area (Å²) in [5.74, 6) is 0.209. The van der Waals surface area contributed by atoms with Gasteiger partial charge in [-0.15, -0.1) is 0 Å². The Kier molecular flexibility index (Phi) is 3.16. The van der Waals surface area contributed by atoms with E-state index >= 15 is 0 Å². The number of hydrogen-bond acceptors (Lipinski definition) is 3. The Morgan fingerprint density at radius 2 is 2.15 bits per heavy atom. The van der Waals surface area contributed by atoms with E-state index in [4.69, 9.17) is 0 Å². The van der Waals surface area contributed by atoms with Crippen LogP contribution >= 0.6 is 0 Å². The number of halogens is 3. The Morgan fingerprint density at radius 1 is 1.35 bits per heavy atom. The molecule has 1 amide bonds. The van der Waals surface area contributed by atoms with Crippen LogP contribution in [0.15, 0.2) is 18.3 Å². The van der Waals surface area contributed by atoms with Gasteiger partial charge in [-0.3, -0.25) is 14.8 Å². The molecule has 7 heteroatoms. The molecule has 108 valence electrons. The summed E-state index contributed by atoms with van der Waals surface area (Å²) in [4.78, 5) is 15.6. The number of amides is 1. The molecule has 1 aromatic rings. The Balaban J connectivity index is 1.60. The number of piperidine rings is 1. The summed E-state index contributed by atoms with van der Waals surface area (Å²) in [5, 5.41) is 1.62. The summed E-state index contributed by atoms with van der Waals surface area (Å²) in [7, 11) is 0. The van der Waals surface area contributed by atoms with Crippen molar-refractivity contribution in [1.29, 1.82) is 0 Å². The number of carbonyl (C=O) groups is 1. The van der Waals surface area contributed by atoms with Crippen LogP contribution in [0.4, 0.5) is 13.2 Å². The van der Waals surface area contributed by atoms with Gasteiger partial charge >= 0.3 is 6.18 Å². The Labute approximate surface area is 113 Å². The number of nitrogens with zero attached hydrogens (tertiary/aromatic N) is 2. The predicted molar refractivity (Wildman–Crippen MR) is 64.1 cm³/mol. The highest BCUT2D eigenvalue weighted by Crippen LogP contribution is 2.37. The van der Waals surface area contributed by atoms with Crippen molar-refractivity contribution < 1.29 is 18.0 Å². The lowest BCUT2D eigenvalue weighted by Crippen LogP contribution is -2.46. The van der Waals surface area contributed by atoms with Gasteiger partial charge < -0.3 is 0 Å². The van der Waals surface area contributed by atoms with Gasteiger partial charge in [-0.25, -0.2) is 5.43 Å². The van der Waals surface area contributed by atoms with Crippen molar-refractivity contribution >= 4 is 5.91 Å². The SMILES string of the molecule is O=C1C2CCC(C2)N1NCc1ccc(C(F)(F)F)cn1. The topological polar surface area (TPSA) is 45.2 Å². The molecule has 1 aromatic heterocycles. The van der Waals surface area contributed by atoms with Crippen molar-refractivity contribution in [2.45, 2.75) is 38.0 Å². The second-order valence-electron chi connectivity index (χ2n) is 5.24. The summed E-state index contributed by atoms with van der Waals surface area (Å²) in [6, 6.07) is 2.55. The first kappa shape index (κ1) is 13.4. The third-order valence-electron chi connectivity index (χ3n) is 3.94. The highest BCUT2D eigenvalue weighted by atomic mass is 19.4. The molecule has 2 bridgehead atoms. The van der Waals surface area contributed by atoms with Gasteiger partial charge in [0.05, 0.1) is 17.8 Å². The number of fused-ring (bicyclic) bond motifs is 2. The minimum absolute atomic E-state index is 0.0909. The average Bonchev–Trinajstić information content (AvgIpc) is 2.97. The van der Waals surface area contributed by atoms with Crippen LogP contribution in [-0.4, -0.2) is 21.9 Å². The lowest BCUT2D eigenvalue weighted by molar-refractivity contribution is -0.138. The number of pyridine rings is 1. The maximum Gasteiger partial charge on any atom is 0.417 e. The van der Waals surface area contributed by atoms with E-state index in [2.05, 4.69) is 10.4 Å². The highest BCUT2D eigenvalue weighted by molar-refractivity contribution is 5.82. The fourth-order valence-electron chi connectivity index (χ4n) is 2.86. The second-order valence-corrected chi connectivity index (χ2v) is 5.24. The van der Waals surface area contributed by atoms with E-state index in [9.17, 15) is 18.0 Å². The first-order chi connectivity index (χ1) is 9.45. The molecular formula is C13H14F3N3O. The molecule has 3 rings (SSSR count). The second kappa shape index (κ2) is 4.73. The number of carbonyl (C=O) groups excluding carboxylic acids is 1. The number of aromatic nitrogens is 1. The summed E-state index contributed by atoms with van der Waals surface area (Å²) in [6.07, 6.45) is -0.742. The molecule has 1 saturated heterocycles. The van der Waals surface area contributed by atoms with Crippen LogP contribution < -0.4 is 5.43 Å². The molecule has 1 aliphatic heterocycles. The molecule has 2 fully saturated rings. The molecule has 0 spiro atoms. The van der Waals surface area contributed by atoms with Crippen molar-refractivity contribution in [3.63, 3.8) is 0 Å². The number of nitrogens with one attached hydrogen (secondary N) is 1.